The number of carbonyl (C=O) groups excluding carboxylic acids is 1. The molecule has 1 N–H and O–H groups in total. The third-order valence-electron chi connectivity index (χ3n) is 6.06. The topological polar surface area (TPSA) is 46.9 Å². The number of benzene rings is 1. The molecule has 1 aromatic carbocycles. The lowest BCUT2D eigenvalue weighted by Crippen LogP contribution is -2.23. The number of thioether (sulfide) groups is 1. The number of carbonyl (C=O) groups is 1. The van der Waals surface area contributed by atoms with Crippen molar-refractivity contribution in [3.8, 4) is 0 Å². The molecule has 5 heteroatoms. The van der Waals surface area contributed by atoms with Crippen LogP contribution in [0.5, 0.6) is 0 Å². The molecule has 1 saturated carbocycles. The monoisotopic (exact) mass is 383 g/mol. The standard InChI is InChI=1S/C22H29N3OS/c1-14-15(2)25(20-9-4-5-10-20)22(23-14)27-16(3)21(26)24-19-12-11-17-7-6-8-18(17)13-19/h11-13,16,20H,4-10H2,1-3H3,(H,24,26). The van der Waals surface area contributed by atoms with Crippen LogP contribution in [-0.4, -0.2) is 20.7 Å². The molecule has 1 unspecified atom stereocenters. The van der Waals surface area contributed by atoms with E-state index in [-0.39, 0.29) is 11.2 Å². The van der Waals surface area contributed by atoms with E-state index in [0.29, 0.717) is 6.04 Å². The maximum absolute atomic E-state index is 12.8. The Morgan fingerprint density at radius 3 is 2.70 bits per heavy atom. The Labute approximate surface area is 166 Å². The highest BCUT2D eigenvalue weighted by molar-refractivity contribution is 8.00. The second-order valence-electron chi connectivity index (χ2n) is 7.96. The Balaban J connectivity index is 1.46. The molecule has 1 fully saturated rings. The first-order valence-corrected chi connectivity index (χ1v) is 11.1. The van der Waals surface area contributed by atoms with Gasteiger partial charge < -0.3 is 9.88 Å². The van der Waals surface area contributed by atoms with Crippen molar-refractivity contribution in [2.75, 3.05) is 5.32 Å². The van der Waals surface area contributed by atoms with Gasteiger partial charge in [-0.25, -0.2) is 4.98 Å². The Morgan fingerprint density at radius 1 is 1.19 bits per heavy atom. The number of fused-ring (bicyclic) bond motifs is 1. The number of aromatic nitrogens is 2. The molecule has 2 aliphatic carbocycles. The molecular formula is C22H29N3OS. The smallest absolute Gasteiger partial charge is 0.237 e. The molecule has 0 radical (unpaired) electrons. The predicted octanol–water partition coefficient (Wildman–Crippen LogP) is 5.22. The molecule has 0 aliphatic heterocycles. The zero-order chi connectivity index (χ0) is 19.0. The molecule has 0 saturated heterocycles. The Morgan fingerprint density at radius 2 is 1.93 bits per heavy atom. The summed E-state index contributed by atoms with van der Waals surface area (Å²) in [6, 6.07) is 6.88. The van der Waals surface area contributed by atoms with Crippen LogP contribution in [0, 0.1) is 13.8 Å². The Kier molecular flexibility index (Phi) is 5.31. The third-order valence-corrected chi connectivity index (χ3v) is 7.13. The fourth-order valence-corrected chi connectivity index (χ4v) is 5.45. The summed E-state index contributed by atoms with van der Waals surface area (Å²) in [4.78, 5) is 17.5. The molecular weight excluding hydrogens is 354 g/mol. The quantitative estimate of drug-likeness (QED) is 0.720. The van der Waals surface area contributed by atoms with Gasteiger partial charge in [-0.3, -0.25) is 4.79 Å². The van der Waals surface area contributed by atoms with Crippen molar-refractivity contribution in [1.82, 2.24) is 9.55 Å². The lowest BCUT2D eigenvalue weighted by Gasteiger charge is -2.19. The first-order chi connectivity index (χ1) is 13.0. The van der Waals surface area contributed by atoms with Gasteiger partial charge in [-0.05, 0) is 76.1 Å². The van der Waals surface area contributed by atoms with Gasteiger partial charge in [0.15, 0.2) is 5.16 Å². The SMILES string of the molecule is Cc1nc(SC(C)C(=O)Nc2ccc3c(c2)CCC3)n(C2CCCC2)c1C. The van der Waals surface area contributed by atoms with Gasteiger partial charge in [-0.15, -0.1) is 0 Å². The number of nitrogens with one attached hydrogen (secondary N) is 1. The first-order valence-electron chi connectivity index (χ1n) is 10.2. The Hall–Kier alpha value is -1.75. The fourth-order valence-electron chi connectivity index (χ4n) is 4.38. The average molecular weight is 384 g/mol. The van der Waals surface area contributed by atoms with E-state index < -0.39 is 0 Å². The van der Waals surface area contributed by atoms with Gasteiger partial charge in [0, 0.05) is 17.4 Å². The van der Waals surface area contributed by atoms with E-state index >= 15 is 0 Å². The molecule has 2 aromatic rings. The lowest BCUT2D eigenvalue weighted by atomic mass is 10.1. The van der Waals surface area contributed by atoms with Crippen LogP contribution in [0.15, 0.2) is 23.4 Å². The molecule has 0 spiro atoms. The summed E-state index contributed by atoms with van der Waals surface area (Å²) in [6.07, 6.45) is 8.54. The van der Waals surface area contributed by atoms with Crippen LogP contribution in [0.4, 0.5) is 5.69 Å². The van der Waals surface area contributed by atoms with Gasteiger partial charge in [-0.1, -0.05) is 30.7 Å². The van der Waals surface area contributed by atoms with Crippen molar-refractivity contribution >= 4 is 23.4 Å². The molecule has 1 aromatic heterocycles. The number of hydrogen-bond donors (Lipinski definition) is 1. The molecule has 4 nitrogen and oxygen atoms in total. The van der Waals surface area contributed by atoms with Gasteiger partial charge >= 0.3 is 0 Å². The van der Waals surface area contributed by atoms with Crippen LogP contribution in [0.3, 0.4) is 0 Å². The highest BCUT2D eigenvalue weighted by Crippen LogP contribution is 2.36. The van der Waals surface area contributed by atoms with Crippen LogP contribution in [0.1, 0.15) is 67.6 Å². The molecule has 1 amide bonds. The molecule has 0 bridgehead atoms. The summed E-state index contributed by atoms with van der Waals surface area (Å²) in [6.45, 7) is 6.20. The predicted molar refractivity (Wildman–Crippen MR) is 112 cm³/mol. The second kappa shape index (κ2) is 7.70. The lowest BCUT2D eigenvalue weighted by molar-refractivity contribution is -0.115. The number of amides is 1. The number of nitrogens with zero attached hydrogens (tertiary/aromatic N) is 2. The normalized spacial score (nSPS) is 17.9. The number of aryl methyl sites for hydroxylation is 3. The Bertz CT molecular complexity index is 851. The molecule has 27 heavy (non-hydrogen) atoms. The van der Waals surface area contributed by atoms with Crippen molar-refractivity contribution < 1.29 is 4.79 Å². The van der Waals surface area contributed by atoms with Crippen LogP contribution in [0.25, 0.3) is 0 Å². The van der Waals surface area contributed by atoms with Crippen LogP contribution >= 0.6 is 11.8 Å². The molecule has 1 atom stereocenters. The van der Waals surface area contributed by atoms with E-state index in [1.165, 1.54) is 55.3 Å². The van der Waals surface area contributed by atoms with E-state index in [9.17, 15) is 4.79 Å². The molecule has 2 aliphatic rings. The van der Waals surface area contributed by atoms with Gasteiger partial charge in [0.1, 0.15) is 0 Å². The zero-order valence-corrected chi connectivity index (χ0v) is 17.4. The fraction of sp³-hybridized carbons (Fsp3) is 0.545. The summed E-state index contributed by atoms with van der Waals surface area (Å²) >= 11 is 1.58. The van der Waals surface area contributed by atoms with Gasteiger partial charge in [0.2, 0.25) is 5.91 Å². The first kappa shape index (κ1) is 18.6. The minimum absolute atomic E-state index is 0.0502. The van der Waals surface area contributed by atoms with Crippen LogP contribution < -0.4 is 5.32 Å². The minimum atomic E-state index is -0.181. The van der Waals surface area contributed by atoms with Crippen molar-refractivity contribution in [2.24, 2.45) is 0 Å². The molecule has 1 heterocycles. The maximum Gasteiger partial charge on any atom is 0.237 e. The van der Waals surface area contributed by atoms with Gasteiger partial charge in [-0.2, -0.15) is 0 Å². The van der Waals surface area contributed by atoms with E-state index in [0.717, 1.165) is 23.0 Å². The summed E-state index contributed by atoms with van der Waals surface area (Å²) in [5.41, 5.74) is 6.06. The van der Waals surface area contributed by atoms with Gasteiger partial charge in [0.25, 0.3) is 0 Å². The average Bonchev–Trinajstić information content (AvgIpc) is 3.36. The third kappa shape index (κ3) is 3.79. The summed E-state index contributed by atoms with van der Waals surface area (Å²) < 4.78 is 2.38. The highest BCUT2D eigenvalue weighted by Gasteiger charge is 2.26. The molecule has 4 rings (SSSR count). The van der Waals surface area contributed by atoms with Crippen molar-refractivity contribution in [3.05, 3.63) is 40.7 Å². The van der Waals surface area contributed by atoms with Crippen molar-refractivity contribution in [1.29, 1.82) is 0 Å². The summed E-state index contributed by atoms with van der Waals surface area (Å²) in [5, 5.41) is 3.92. The van der Waals surface area contributed by atoms with E-state index in [4.69, 9.17) is 4.98 Å². The van der Waals surface area contributed by atoms with E-state index in [1.54, 1.807) is 11.8 Å². The van der Waals surface area contributed by atoms with Crippen LogP contribution in [0.2, 0.25) is 0 Å². The van der Waals surface area contributed by atoms with E-state index in [1.807, 2.05) is 13.0 Å². The summed E-state index contributed by atoms with van der Waals surface area (Å²) in [7, 11) is 0. The zero-order valence-electron chi connectivity index (χ0n) is 16.5. The minimum Gasteiger partial charge on any atom is -0.325 e. The highest BCUT2D eigenvalue weighted by atomic mass is 32.2. The van der Waals surface area contributed by atoms with Crippen molar-refractivity contribution in [3.63, 3.8) is 0 Å². The number of hydrogen-bond acceptors (Lipinski definition) is 3. The summed E-state index contributed by atoms with van der Waals surface area (Å²) in [5.74, 6) is 0.0502. The maximum atomic E-state index is 12.8. The second-order valence-corrected chi connectivity index (χ2v) is 9.27. The van der Waals surface area contributed by atoms with Crippen molar-refractivity contribution in [2.45, 2.75) is 82.2 Å². The van der Waals surface area contributed by atoms with Gasteiger partial charge in [0.05, 0.1) is 10.9 Å². The number of rotatable bonds is 5. The van der Waals surface area contributed by atoms with E-state index in [2.05, 4.69) is 35.9 Å². The molecule has 144 valence electrons. The number of imidazole rings is 1. The van der Waals surface area contributed by atoms with Crippen LogP contribution in [-0.2, 0) is 17.6 Å². The number of anilines is 1. The largest absolute Gasteiger partial charge is 0.325 e.